The van der Waals surface area contributed by atoms with Crippen LogP contribution in [0.15, 0.2) is 52.8 Å². The van der Waals surface area contributed by atoms with Gasteiger partial charge in [-0.05, 0) is 31.0 Å². The molecule has 0 saturated heterocycles. The van der Waals surface area contributed by atoms with Crippen molar-refractivity contribution in [1.82, 2.24) is 9.97 Å². The number of nitrogens with zero attached hydrogens (tertiary/aromatic N) is 3. The molecule has 0 unspecified atom stereocenters. The summed E-state index contributed by atoms with van der Waals surface area (Å²) in [5.74, 6) is -0.923. The molecule has 0 bridgehead atoms. The summed E-state index contributed by atoms with van der Waals surface area (Å²) in [6, 6.07) is 7.24. The van der Waals surface area contributed by atoms with Crippen LogP contribution in [-0.2, 0) is 26.1 Å². The lowest BCUT2D eigenvalue weighted by atomic mass is 10.1. The van der Waals surface area contributed by atoms with Gasteiger partial charge in [0.15, 0.2) is 28.0 Å². The molecular formula is C16H15N3O5S. The molecule has 1 aliphatic rings. The molecule has 0 spiro atoms. The third-order valence-corrected chi connectivity index (χ3v) is 5.87. The highest BCUT2D eigenvalue weighted by atomic mass is 32.2. The van der Waals surface area contributed by atoms with E-state index in [-0.39, 0.29) is 28.0 Å². The van der Waals surface area contributed by atoms with Crippen LogP contribution in [0.25, 0.3) is 0 Å². The van der Waals surface area contributed by atoms with Crippen LogP contribution in [-0.4, -0.2) is 40.4 Å². The summed E-state index contributed by atoms with van der Waals surface area (Å²) in [7, 11) is -3.32. The van der Waals surface area contributed by atoms with Crippen LogP contribution in [0.5, 0.6) is 0 Å². The largest absolute Gasteiger partial charge is 0.476 e. The second-order valence-corrected chi connectivity index (χ2v) is 7.68. The average molecular weight is 361 g/mol. The molecule has 1 aromatic carbocycles. The van der Waals surface area contributed by atoms with Crippen molar-refractivity contribution in [3.8, 4) is 0 Å². The number of sulfone groups is 1. The Hall–Kier alpha value is -2.81. The van der Waals surface area contributed by atoms with Crippen LogP contribution >= 0.6 is 0 Å². The minimum absolute atomic E-state index is 0.0776. The molecule has 1 aliphatic carbocycles. The van der Waals surface area contributed by atoms with Crippen molar-refractivity contribution in [3.05, 3.63) is 54.1 Å². The highest BCUT2D eigenvalue weighted by Gasteiger charge is 2.36. The molecule has 25 heavy (non-hydrogen) atoms. The van der Waals surface area contributed by atoms with Crippen LogP contribution in [0, 0.1) is 0 Å². The zero-order chi connectivity index (χ0) is 17.9. The van der Waals surface area contributed by atoms with E-state index in [9.17, 15) is 18.3 Å². The Kier molecular flexibility index (Phi) is 4.75. The summed E-state index contributed by atoms with van der Waals surface area (Å²) >= 11 is 0. The molecule has 3 rings (SSSR count). The number of aliphatic carboxylic acids is 1. The number of hydrogen-bond acceptors (Lipinski definition) is 7. The fraction of sp³-hybridized carbons (Fsp3) is 0.250. The fourth-order valence-corrected chi connectivity index (χ4v) is 3.80. The first-order valence-corrected chi connectivity index (χ1v) is 9.06. The number of benzene rings is 1. The first kappa shape index (κ1) is 17.0. The first-order chi connectivity index (χ1) is 12.0. The Morgan fingerprint density at radius 3 is 2.40 bits per heavy atom. The topological polar surface area (TPSA) is 119 Å². The van der Waals surface area contributed by atoms with E-state index in [0.717, 1.165) is 0 Å². The van der Waals surface area contributed by atoms with Crippen molar-refractivity contribution in [1.29, 1.82) is 0 Å². The Morgan fingerprint density at radius 2 is 1.84 bits per heavy atom. The van der Waals surface area contributed by atoms with Gasteiger partial charge in [-0.25, -0.2) is 23.2 Å². The summed E-state index contributed by atoms with van der Waals surface area (Å²) in [5.41, 5.74) is -0.0810. The Balaban J connectivity index is 1.76. The normalized spacial score (nSPS) is 15.0. The molecular weight excluding hydrogens is 346 g/mol. The van der Waals surface area contributed by atoms with Crippen LogP contribution in [0.4, 0.5) is 0 Å². The van der Waals surface area contributed by atoms with E-state index in [2.05, 4.69) is 15.1 Å². The van der Waals surface area contributed by atoms with Crippen molar-refractivity contribution in [3.63, 3.8) is 0 Å². The predicted octanol–water partition coefficient (Wildman–Crippen LogP) is 1.42. The first-order valence-electron chi connectivity index (χ1n) is 7.52. The van der Waals surface area contributed by atoms with E-state index >= 15 is 0 Å². The summed E-state index contributed by atoms with van der Waals surface area (Å²) in [4.78, 5) is 24.4. The monoisotopic (exact) mass is 361 g/mol. The number of rotatable bonds is 7. The van der Waals surface area contributed by atoms with Crippen molar-refractivity contribution in [2.75, 3.05) is 0 Å². The molecule has 0 aliphatic heterocycles. The standard InChI is InChI=1S/C16H15N3O5S/c20-16(21)15(19-24-10-14-17-8-1-9-18-14)11-2-4-12(5-3-11)25(22,23)13-6-7-13/h1-5,8-9,13H,6-7,10H2,(H,20,21). The summed E-state index contributed by atoms with van der Waals surface area (Å²) < 4.78 is 24.3. The lowest BCUT2D eigenvalue weighted by Crippen LogP contribution is -2.16. The maximum atomic E-state index is 12.2. The lowest BCUT2D eigenvalue weighted by molar-refractivity contribution is -0.129. The molecule has 1 fully saturated rings. The minimum Gasteiger partial charge on any atom is -0.476 e. The second-order valence-electron chi connectivity index (χ2n) is 5.45. The van der Waals surface area contributed by atoms with Crippen molar-refractivity contribution < 1.29 is 23.2 Å². The number of carbonyl (C=O) groups is 1. The van der Waals surface area contributed by atoms with E-state index in [1.54, 1.807) is 6.07 Å². The zero-order valence-electron chi connectivity index (χ0n) is 13.1. The van der Waals surface area contributed by atoms with Crippen molar-refractivity contribution in [2.45, 2.75) is 29.6 Å². The molecule has 0 radical (unpaired) electrons. The zero-order valence-corrected chi connectivity index (χ0v) is 13.9. The number of hydrogen-bond donors (Lipinski definition) is 1. The maximum absolute atomic E-state index is 12.2. The van der Waals surface area contributed by atoms with Gasteiger partial charge in [-0.2, -0.15) is 0 Å². The van der Waals surface area contributed by atoms with E-state index in [1.165, 1.54) is 36.7 Å². The van der Waals surface area contributed by atoms with Gasteiger partial charge in [-0.3, -0.25) is 0 Å². The minimum atomic E-state index is -3.32. The van der Waals surface area contributed by atoms with Crippen molar-refractivity contribution >= 4 is 21.5 Å². The maximum Gasteiger partial charge on any atom is 0.358 e. The number of oxime groups is 1. The molecule has 1 heterocycles. The Labute approximate surface area is 144 Å². The summed E-state index contributed by atoms with van der Waals surface area (Å²) in [5, 5.41) is 12.6. The van der Waals surface area contributed by atoms with Gasteiger partial charge in [0.05, 0.1) is 10.1 Å². The van der Waals surface area contributed by atoms with Gasteiger partial charge in [-0.15, -0.1) is 0 Å². The highest BCUT2D eigenvalue weighted by Crippen LogP contribution is 2.33. The SMILES string of the molecule is O=C(O)C(=NOCc1ncccn1)c1ccc(S(=O)(=O)C2CC2)cc1. The number of carboxylic acids is 1. The van der Waals surface area contributed by atoms with Gasteiger partial charge in [0.2, 0.25) is 0 Å². The summed E-state index contributed by atoms with van der Waals surface area (Å²) in [6.45, 7) is -0.0776. The van der Waals surface area contributed by atoms with Crippen LogP contribution < -0.4 is 0 Å². The predicted molar refractivity (Wildman–Crippen MR) is 87.6 cm³/mol. The Bertz CT molecular complexity index is 891. The Morgan fingerprint density at radius 1 is 1.20 bits per heavy atom. The van der Waals surface area contributed by atoms with Gasteiger partial charge in [-0.1, -0.05) is 17.3 Å². The smallest absolute Gasteiger partial charge is 0.358 e. The fourth-order valence-electron chi connectivity index (χ4n) is 2.15. The molecule has 130 valence electrons. The van der Waals surface area contributed by atoms with Gasteiger partial charge < -0.3 is 9.94 Å². The molecule has 1 N–H and O–H groups in total. The van der Waals surface area contributed by atoms with Gasteiger partial charge in [0.25, 0.3) is 0 Å². The molecule has 9 heteroatoms. The van der Waals surface area contributed by atoms with Crippen molar-refractivity contribution in [2.24, 2.45) is 5.16 Å². The third kappa shape index (κ3) is 4.00. The van der Waals surface area contributed by atoms with Crippen LogP contribution in [0.2, 0.25) is 0 Å². The highest BCUT2D eigenvalue weighted by molar-refractivity contribution is 7.92. The van der Waals surface area contributed by atoms with E-state index in [1.807, 2.05) is 0 Å². The quantitative estimate of drug-likeness (QED) is 0.585. The summed E-state index contributed by atoms with van der Waals surface area (Å²) in [6.07, 6.45) is 4.40. The molecule has 0 amide bonds. The van der Waals surface area contributed by atoms with E-state index < -0.39 is 15.8 Å². The lowest BCUT2D eigenvalue weighted by Gasteiger charge is -2.05. The molecule has 8 nitrogen and oxygen atoms in total. The molecule has 1 aromatic heterocycles. The van der Waals surface area contributed by atoms with E-state index in [4.69, 9.17) is 4.84 Å². The van der Waals surface area contributed by atoms with E-state index in [0.29, 0.717) is 18.7 Å². The third-order valence-electron chi connectivity index (χ3n) is 3.59. The number of aromatic nitrogens is 2. The van der Waals surface area contributed by atoms with Crippen LogP contribution in [0.3, 0.4) is 0 Å². The van der Waals surface area contributed by atoms with Gasteiger partial charge in [0.1, 0.15) is 0 Å². The average Bonchev–Trinajstić information content (AvgIpc) is 3.45. The molecule has 1 saturated carbocycles. The van der Waals surface area contributed by atoms with Gasteiger partial charge in [0, 0.05) is 18.0 Å². The molecule has 2 aromatic rings. The molecule has 0 atom stereocenters. The number of carboxylic acid groups (broad SMARTS) is 1. The van der Waals surface area contributed by atoms with Crippen LogP contribution in [0.1, 0.15) is 24.2 Å². The van der Waals surface area contributed by atoms with Gasteiger partial charge >= 0.3 is 5.97 Å². The second kappa shape index (κ2) is 6.98.